The minimum Gasteiger partial charge on any atom is -0.306 e. The number of rotatable bonds is 3. The number of hydrogen-bond acceptors (Lipinski definition) is 6. The highest BCUT2D eigenvalue weighted by Gasteiger charge is 2.24. The normalized spacial score (nSPS) is 13.0. The Bertz CT molecular complexity index is 2270. The third kappa shape index (κ3) is 3.34. The largest absolute Gasteiger partial charge is 0.333 e. The fourth-order valence-corrected chi connectivity index (χ4v) is 7.36. The molecule has 1 aliphatic carbocycles. The van der Waals surface area contributed by atoms with Gasteiger partial charge in [-0.2, -0.15) is 5.10 Å². The van der Waals surface area contributed by atoms with Crippen molar-refractivity contribution in [2.45, 2.75) is 19.3 Å². The van der Waals surface area contributed by atoms with Crippen LogP contribution in [0.4, 0.5) is 0 Å². The first-order chi connectivity index (χ1) is 19.6. The Morgan fingerprint density at radius 3 is 2.77 bits per heavy atom. The first-order valence-corrected chi connectivity index (χ1v) is 14.0. The molecule has 0 radical (unpaired) electrons. The van der Waals surface area contributed by atoms with Crippen LogP contribution in [-0.2, 0) is 12.8 Å². The van der Waals surface area contributed by atoms with Crippen molar-refractivity contribution in [2.75, 3.05) is 0 Å². The zero-order chi connectivity index (χ0) is 27.0. The van der Waals surface area contributed by atoms with Crippen LogP contribution >= 0.6 is 22.9 Å². The number of H-pyrrole nitrogens is 1. The molecule has 0 unspecified atom stereocenters. The standard InChI is InChI=1S/C30H19ClN6O2S/c31-22-10-4-8-19(21-14-36-28(33-15-34-36)20-9-3-7-18(20)21)26(22)25-11-23-27(40-25)29(38)37(30(39)35-23)24-13-32-12-16-5-1-2-6-17(16)24/h1-2,4-6,8,10-15H,3,7,9H2,(H,35,39). The number of hydrogen-bond donors (Lipinski definition) is 1. The lowest BCUT2D eigenvalue weighted by atomic mass is 9.94. The number of nitrogens with zero attached hydrogens (tertiary/aromatic N) is 5. The lowest BCUT2D eigenvalue weighted by Crippen LogP contribution is -2.33. The molecule has 40 heavy (non-hydrogen) atoms. The fourth-order valence-electron chi connectivity index (χ4n) is 5.91. The highest BCUT2D eigenvalue weighted by atomic mass is 35.5. The number of aromatic nitrogens is 6. The van der Waals surface area contributed by atoms with Gasteiger partial charge in [0.15, 0.2) is 5.65 Å². The summed E-state index contributed by atoms with van der Waals surface area (Å²) in [5.74, 6) is 0. The molecule has 8 rings (SSSR count). The zero-order valence-electron chi connectivity index (χ0n) is 20.9. The molecule has 2 aromatic carbocycles. The van der Waals surface area contributed by atoms with Gasteiger partial charge in [-0.15, -0.1) is 11.3 Å². The van der Waals surface area contributed by atoms with Crippen LogP contribution in [0.3, 0.4) is 0 Å². The second-order valence-corrected chi connectivity index (χ2v) is 11.3. The van der Waals surface area contributed by atoms with E-state index in [0.29, 0.717) is 20.9 Å². The molecule has 10 heteroatoms. The Kier molecular flexibility index (Phi) is 5.07. The highest BCUT2D eigenvalue weighted by molar-refractivity contribution is 7.22. The van der Waals surface area contributed by atoms with Crippen LogP contribution in [0.5, 0.6) is 0 Å². The second-order valence-electron chi connectivity index (χ2n) is 9.85. The van der Waals surface area contributed by atoms with Crippen LogP contribution in [-0.4, -0.2) is 29.1 Å². The molecule has 0 spiro atoms. The van der Waals surface area contributed by atoms with Crippen LogP contribution in [0.1, 0.15) is 17.5 Å². The van der Waals surface area contributed by atoms with Gasteiger partial charge in [-0.3, -0.25) is 9.78 Å². The summed E-state index contributed by atoms with van der Waals surface area (Å²) in [7, 11) is 0. The van der Waals surface area contributed by atoms with E-state index in [1.807, 2.05) is 59.2 Å². The number of nitrogens with one attached hydrogen (secondary N) is 1. The smallest absolute Gasteiger partial charge is 0.306 e. The first kappa shape index (κ1) is 23.3. The van der Waals surface area contributed by atoms with Crippen molar-refractivity contribution in [3.05, 3.63) is 110 Å². The molecule has 0 fully saturated rings. The monoisotopic (exact) mass is 562 g/mol. The van der Waals surface area contributed by atoms with Crippen LogP contribution in [0, 0.1) is 0 Å². The Morgan fingerprint density at radius 2 is 1.85 bits per heavy atom. The maximum absolute atomic E-state index is 13.8. The van der Waals surface area contributed by atoms with Crippen LogP contribution in [0.25, 0.3) is 53.9 Å². The SMILES string of the molecule is O=c1[nH]c2cc(-c3c(Cl)cccc3-c3cn4ncnc4c4c3CCC4)sc2c(=O)n1-c1cncc2ccccc12. The molecule has 0 atom stereocenters. The maximum Gasteiger partial charge on any atom is 0.333 e. The molecular weight excluding hydrogens is 544 g/mol. The third-order valence-electron chi connectivity index (χ3n) is 7.65. The van der Waals surface area contributed by atoms with E-state index < -0.39 is 11.2 Å². The fraction of sp³-hybridized carbons (Fsp3) is 0.100. The number of pyridine rings is 2. The van der Waals surface area contributed by atoms with Gasteiger partial charge < -0.3 is 4.98 Å². The molecular formula is C30H19ClN6O2S. The quantitative estimate of drug-likeness (QED) is 0.293. The van der Waals surface area contributed by atoms with Crippen molar-refractivity contribution in [2.24, 2.45) is 0 Å². The predicted molar refractivity (Wildman–Crippen MR) is 158 cm³/mol. The lowest BCUT2D eigenvalue weighted by molar-refractivity contribution is 0.905. The van der Waals surface area contributed by atoms with Crippen molar-refractivity contribution in [1.82, 2.24) is 29.1 Å². The molecule has 194 valence electrons. The van der Waals surface area contributed by atoms with Crippen molar-refractivity contribution >= 4 is 49.6 Å². The molecule has 0 bridgehead atoms. The molecule has 1 aliphatic rings. The minimum atomic E-state index is -0.520. The maximum atomic E-state index is 13.8. The summed E-state index contributed by atoms with van der Waals surface area (Å²) < 4.78 is 3.42. The lowest BCUT2D eigenvalue weighted by Gasteiger charge is -2.15. The van der Waals surface area contributed by atoms with Crippen LogP contribution in [0.15, 0.2) is 83.0 Å². The van der Waals surface area contributed by atoms with Crippen molar-refractivity contribution < 1.29 is 0 Å². The Morgan fingerprint density at radius 1 is 0.975 bits per heavy atom. The summed E-state index contributed by atoms with van der Waals surface area (Å²) in [4.78, 5) is 39.5. The number of fused-ring (bicyclic) bond motifs is 5. The Balaban J connectivity index is 1.37. The van der Waals surface area contributed by atoms with Gasteiger partial charge in [0.1, 0.15) is 11.0 Å². The van der Waals surface area contributed by atoms with E-state index in [0.717, 1.165) is 61.8 Å². The van der Waals surface area contributed by atoms with Gasteiger partial charge in [0.05, 0.1) is 17.4 Å². The molecule has 8 nitrogen and oxygen atoms in total. The van der Waals surface area contributed by atoms with Crippen molar-refractivity contribution in [3.8, 4) is 27.3 Å². The predicted octanol–water partition coefficient (Wildman–Crippen LogP) is 5.81. The summed E-state index contributed by atoms with van der Waals surface area (Å²) in [5.41, 5.74) is 6.18. The van der Waals surface area contributed by atoms with Crippen LogP contribution in [0.2, 0.25) is 5.02 Å². The summed E-state index contributed by atoms with van der Waals surface area (Å²) >= 11 is 8.18. The van der Waals surface area contributed by atoms with E-state index in [9.17, 15) is 9.59 Å². The summed E-state index contributed by atoms with van der Waals surface area (Å²) in [6.45, 7) is 0. The number of aromatic amines is 1. The summed E-state index contributed by atoms with van der Waals surface area (Å²) in [6.07, 6.45) is 9.81. The van der Waals surface area contributed by atoms with Gasteiger partial charge in [0.2, 0.25) is 0 Å². The Hall–Kier alpha value is -4.60. The summed E-state index contributed by atoms with van der Waals surface area (Å²) in [5, 5.41) is 6.59. The van der Waals surface area contributed by atoms with Gasteiger partial charge >= 0.3 is 5.69 Å². The first-order valence-electron chi connectivity index (χ1n) is 12.8. The third-order valence-corrected chi connectivity index (χ3v) is 9.11. The summed E-state index contributed by atoms with van der Waals surface area (Å²) in [6, 6.07) is 15.2. The van der Waals surface area contributed by atoms with Gasteiger partial charge in [0.25, 0.3) is 5.56 Å². The van der Waals surface area contributed by atoms with E-state index in [4.69, 9.17) is 11.6 Å². The van der Waals surface area contributed by atoms with E-state index in [-0.39, 0.29) is 0 Å². The van der Waals surface area contributed by atoms with E-state index in [1.165, 1.54) is 22.5 Å². The number of thiophene rings is 1. The van der Waals surface area contributed by atoms with Gasteiger partial charge in [-0.05, 0) is 42.5 Å². The minimum absolute atomic E-state index is 0.397. The highest BCUT2D eigenvalue weighted by Crippen LogP contribution is 2.44. The van der Waals surface area contributed by atoms with E-state index >= 15 is 0 Å². The molecule has 1 N–H and O–H groups in total. The van der Waals surface area contributed by atoms with Crippen molar-refractivity contribution in [3.63, 3.8) is 0 Å². The number of aryl methyl sites for hydroxylation is 1. The molecule has 0 saturated heterocycles. The molecule has 0 aliphatic heterocycles. The molecule has 7 aromatic rings. The topological polar surface area (TPSA) is 97.9 Å². The number of halogens is 1. The van der Waals surface area contributed by atoms with Gasteiger partial charge in [0, 0.05) is 49.8 Å². The molecule has 0 amide bonds. The molecule has 5 heterocycles. The zero-order valence-corrected chi connectivity index (χ0v) is 22.5. The van der Waals surface area contributed by atoms with Gasteiger partial charge in [-0.1, -0.05) is 48.0 Å². The van der Waals surface area contributed by atoms with E-state index in [1.54, 1.807) is 18.7 Å². The molecule has 5 aromatic heterocycles. The molecule has 0 saturated carbocycles. The van der Waals surface area contributed by atoms with E-state index in [2.05, 4.69) is 20.1 Å². The Labute approximate surface area is 235 Å². The second kappa shape index (κ2) is 8.70. The number of benzene rings is 2. The van der Waals surface area contributed by atoms with Gasteiger partial charge in [-0.25, -0.2) is 18.9 Å². The van der Waals surface area contributed by atoms with Crippen LogP contribution < -0.4 is 11.2 Å². The van der Waals surface area contributed by atoms with Crippen molar-refractivity contribution in [1.29, 1.82) is 0 Å². The average Bonchev–Trinajstić information content (AvgIpc) is 3.72. The average molecular weight is 563 g/mol.